The van der Waals surface area contributed by atoms with Gasteiger partial charge in [0.1, 0.15) is 6.04 Å². The van der Waals surface area contributed by atoms with E-state index in [1.54, 1.807) is 0 Å². The van der Waals surface area contributed by atoms with Gasteiger partial charge in [0.2, 0.25) is 5.91 Å². The molecule has 0 aromatic carbocycles. The minimum Gasteiger partial charge on any atom is -0.377 e. The Balaban J connectivity index is 1.63. The van der Waals surface area contributed by atoms with E-state index >= 15 is 0 Å². The molecule has 1 saturated carbocycles. The van der Waals surface area contributed by atoms with E-state index in [4.69, 9.17) is 9.47 Å². The summed E-state index contributed by atoms with van der Waals surface area (Å²) in [5, 5.41) is 6.50. The molecular formula is C15H26N2O3. The summed E-state index contributed by atoms with van der Waals surface area (Å²) in [5.74, 6) is 0.543. The predicted molar refractivity (Wildman–Crippen MR) is 75.4 cm³/mol. The summed E-state index contributed by atoms with van der Waals surface area (Å²) in [6, 6.07) is -0.0145. The number of hydrogen-bond donors (Lipinski definition) is 2. The Bertz CT molecular complexity index is 385. The summed E-state index contributed by atoms with van der Waals surface area (Å²) in [5.41, 5.74) is 0.0273. The van der Waals surface area contributed by atoms with Gasteiger partial charge in [0.15, 0.2) is 0 Å². The molecule has 2 heterocycles. The fourth-order valence-corrected chi connectivity index (χ4v) is 4.09. The lowest BCUT2D eigenvalue weighted by Gasteiger charge is -2.60. The van der Waals surface area contributed by atoms with Gasteiger partial charge in [0.25, 0.3) is 0 Å². The average Bonchev–Trinajstić information content (AvgIpc) is 2.45. The second kappa shape index (κ2) is 5.28. The Morgan fingerprint density at radius 2 is 2.10 bits per heavy atom. The van der Waals surface area contributed by atoms with Crippen molar-refractivity contribution in [1.82, 2.24) is 10.6 Å². The summed E-state index contributed by atoms with van der Waals surface area (Å²) >= 11 is 0. The number of rotatable bonds is 2. The highest BCUT2D eigenvalue weighted by molar-refractivity contribution is 5.83. The molecule has 5 atom stereocenters. The third-order valence-corrected chi connectivity index (χ3v) is 5.23. The predicted octanol–water partition coefficient (Wildman–Crippen LogP) is 0.683. The van der Waals surface area contributed by atoms with Gasteiger partial charge in [-0.15, -0.1) is 0 Å². The number of hydrogen-bond acceptors (Lipinski definition) is 4. The van der Waals surface area contributed by atoms with E-state index in [1.165, 1.54) is 0 Å². The molecule has 3 aliphatic rings. The zero-order valence-corrected chi connectivity index (χ0v) is 12.6. The summed E-state index contributed by atoms with van der Waals surface area (Å²) in [6.45, 7) is 8.62. The molecule has 5 heteroatoms. The minimum absolute atomic E-state index is 0.0273. The first kappa shape index (κ1) is 14.3. The Morgan fingerprint density at radius 3 is 2.85 bits per heavy atom. The van der Waals surface area contributed by atoms with Gasteiger partial charge in [0, 0.05) is 30.5 Å². The Labute approximate surface area is 120 Å². The first-order valence-electron chi connectivity index (χ1n) is 7.79. The molecular weight excluding hydrogens is 256 g/mol. The van der Waals surface area contributed by atoms with Crippen molar-refractivity contribution >= 4 is 5.91 Å². The van der Waals surface area contributed by atoms with Crippen LogP contribution >= 0.6 is 0 Å². The third kappa shape index (κ3) is 2.26. The van der Waals surface area contributed by atoms with Crippen LogP contribution in [0.5, 0.6) is 0 Å². The fraction of sp³-hybridized carbons (Fsp3) is 0.933. The molecule has 0 radical (unpaired) electrons. The maximum absolute atomic E-state index is 12.5. The van der Waals surface area contributed by atoms with Gasteiger partial charge in [0.05, 0.1) is 18.8 Å². The van der Waals surface area contributed by atoms with Crippen LogP contribution in [-0.4, -0.2) is 50.0 Å². The molecule has 20 heavy (non-hydrogen) atoms. The van der Waals surface area contributed by atoms with Crippen LogP contribution in [0.15, 0.2) is 0 Å². The number of carbonyl (C=O) groups is 1. The molecule has 2 aliphatic heterocycles. The van der Waals surface area contributed by atoms with Gasteiger partial charge < -0.3 is 20.1 Å². The molecule has 1 aliphatic carbocycles. The van der Waals surface area contributed by atoms with Crippen LogP contribution in [0, 0.1) is 11.3 Å². The summed E-state index contributed by atoms with van der Waals surface area (Å²) < 4.78 is 11.4. The normalized spacial score (nSPS) is 43.2. The van der Waals surface area contributed by atoms with Crippen molar-refractivity contribution in [3.8, 4) is 0 Å². The molecule has 3 rings (SSSR count). The zero-order valence-electron chi connectivity index (χ0n) is 12.6. The van der Waals surface area contributed by atoms with Crippen LogP contribution in [0.3, 0.4) is 0 Å². The maximum Gasteiger partial charge on any atom is 0.240 e. The first-order valence-corrected chi connectivity index (χ1v) is 7.79. The standard InChI is InChI=1S/C15H26N2O3/c1-9-11(16-6-8-19-9)14(18)17-12-10-5-4-7-20-13(10)15(12,2)3/h9-13,16H,4-8H2,1-3H3,(H,17,18)/t9-,10?,11+,12?,13?/m1/s1. The van der Waals surface area contributed by atoms with E-state index in [1.807, 2.05) is 6.92 Å². The monoisotopic (exact) mass is 282 g/mol. The molecule has 0 aromatic heterocycles. The van der Waals surface area contributed by atoms with Gasteiger partial charge in [-0.05, 0) is 19.8 Å². The van der Waals surface area contributed by atoms with Crippen molar-refractivity contribution in [2.75, 3.05) is 19.8 Å². The van der Waals surface area contributed by atoms with Gasteiger partial charge >= 0.3 is 0 Å². The van der Waals surface area contributed by atoms with Crippen LogP contribution < -0.4 is 10.6 Å². The quantitative estimate of drug-likeness (QED) is 0.782. The van der Waals surface area contributed by atoms with Gasteiger partial charge in [-0.1, -0.05) is 13.8 Å². The molecule has 2 N–H and O–H groups in total. The Hall–Kier alpha value is -0.650. The number of nitrogens with one attached hydrogen (secondary N) is 2. The SMILES string of the molecule is C[C@H]1OCCN[C@@H]1C(=O)NC1C2CCCOC2C1(C)C. The zero-order chi connectivity index (χ0) is 14.3. The van der Waals surface area contributed by atoms with E-state index < -0.39 is 0 Å². The minimum atomic E-state index is -0.233. The van der Waals surface area contributed by atoms with Gasteiger partial charge in [-0.25, -0.2) is 0 Å². The van der Waals surface area contributed by atoms with Crippen LogP contribution in [0.25, 0.3) is 0 Å². The second-order valence-corrected chi connectivity index (χ2v) is 6.91. The second-order valence-electron chi connectivity index (χ2n) is 6.91. The van der Waals surface area contributed by atoms with Gasteiger partial charge in [-0.2, -0.15) is 0 Å². The van der Waals surface area contributed by atoms with E-state index in [-0.39, 0.29) is 29.5 Å². The van der Waals surface area contributed by atoms with Crippen molar-refractivity contribution in [2.24, 2.45) is 11.3 Å². The van der Waals surface area contributed by atoms with Crippen molar-refractivity contribution in [3.63, 3.8) is 0 Å². The largest absolute Gasteiger partial charge is 0.377 e. The van der Waals surface area contributed by atoms with Crippen LogP contribution in [0.2, 0.25) is 0 Å². The van der Waals surface area contributed by atoms with Gasteiger partial charge in [-0.3, -0.25) is 4.79 Å². The van der Waals surface area contributed by atoms with E-state index in [0.29, 0.717) is 18.6 Å². The molecule has 0 spiro atoms. The van der Waals surface area contributed by atoms with Crippen molar-refractivity contribution in [1.29, 1.82) is 0 Å². The fourth-order valence-electron chi connectivity index (χ4n) is 4.09. The summed E-state index contributed by atoms with van der Waals surface area (Å²) in [7, 11) is 0. The molecule has 5 nitrogen and oxygen atoms in total. The lowest BCUT2D eigenvalue weighted by molar-refractivity contribution is -0.194. The van der Waals surface area contributed by atoms with Crippen molar-refractivity contribution < 1.29 is 14.3 Å². The van der Waals surface area contributed by atoms with E-state index in [0.717, 1.165) is 26.0 Å². The molecule has 2 saturated heterocycles. The van der Waals surface area contributed by atoms with Crippen LogP contribution in [0.4, 0.5) is 0 Å². The van der Waals surface area contributed by atoms with Crippen molar-refractivity contribution in [3.05, 3.63) is 0 Å². The summed E-state index contributed by atoms with van der Waals surface area (Å²) in [6.07, 6.45) is 2.49. The third-order valence-electron chi connectivity index (χ3n) is 5.23. The average molecular weight is 282 g/mol. The molecule has 114 valence electrons. The van der Waals surface area contributed by atoms with E-state index in [9.17, 15) is 4.79 Å². The van der Waals surface area contributed by atoms with Crippen LogP contribution in [-0.2, 0) is 14.3 Å². The van der Waals surface area contributed by atoms with Crippen LogP contribution in [0.1, 0.15) is 33.6 Å². The lowest BCUT2D eigenvalue weighted by Crippen LogP contribution is -2.71. The molecule has 0 bridgehead atoms. The lowest BCUT2D eigenvalue weighted by atomic mass is 9.55. The Morgan fingerprint density at radius 1 is 1.30 bits per heavy atom. The smallest absolute Gasteiger partial charge is 0.240 e. The summed E-state index contributed by atoms with van der Waals surface area (Å²) in [4.78, 5) is 12.5. The molecule has 1 amide bonds. The number of morpholine rings is 1. The molecule has 3 unspecified atom stereocenters. The number of carbonyl (C=O) groups excluding carboxylic acids is 1. The number of amides is 1. The van der Waals surface area contributed by atoms with E-state index in [2.05, 4.69) is 24.5 Å². The first-order chi connectivity index (χ1) is 9.51. The molecule has 3 fully saturated rings. The Kier molecular flexibility index (Phi) is 3.77. The molecule has 0 aromatic rings. The van der Waals surface area contributed by atoms with Crippen molar-refractivity contribution in [2.45, 2.75) is 57.9 Å². The number of fused-ring (bicyclic) bond motifs is 1. The highest BCUT2D eigenvalue weighted by atomic mass is 16.5. The highest BCUT2D eigenvalue weighted by Gasteiger charge is 2.58. The highest BCUT2D eigenvalue weighted by Crippen LogP contribution is 2.51. The maximum atomic E-state index is 12.5. The number of ether oxygens (including phenoxy) is 2. The topological polar surface area (TPSA) is 59.6 Å².